The van der Waals surface area contributed by atoms with E-state index < -0.39 is 5.97 Å². The van der Waals surface area contributed by atoms with Gasteiger partial charge in [0, 0.05) is 11.8 Å². The number of esters is 1. The lowest BCUT2D eigenvalue weighted by atomic mass is 10.2. The van der Waals surface area contributed by atoms with Crippen LogP contribution in [0.2, 0.25) is 0 Å². The number of carbonyl (C=O) groups is 2. The molecule has 0 aliphatic rings. The first-order chi connectivity index (χ1) is 8.11. The second-order valence-corrected chi connectivity index (χ2v) is 3.53. The Hall–Kier alpha value is -2.10. The van der Waals surface area contributed by atoms with Crippen molar-refractivity contribution in [2.24, 2.45) is 0 Å². The fraction of sp³-hybridized carbons (Fsp3) is 0.231. The molecule has 0 aromatic heterocycles. The van der Waals surface area contributed by atoms with E-state index in [0.29, 0.717) is 5.69 Å². The van der Waals surface area contributed by atoms with Gasteiger partial charge in [-0.25, -0.2) is 4.79 Å². The number of hydrogen-bond acceptors (Lipinski definition) is 3. The SMILES string of the molecule is C/C=C/C(=O)OCC(=O)Nc1cccc(C)c1. The zero-order valence-corrected chi connectivity index (χ0v) is 9.90. The lowest BCUT2D eigenvalue weighted by molar-refractivity contribution is -0.142. The first-order valence-corrected chi connectivity index (χ1v) is 5.28. The van der Waals surface area contributed by atoms with Crippen molar-refractivity contribution in [1.29, 1.82) is 0 Å². The van der Waals surface area contributed by atoms with Crippen molar-refractivity contribution in [2.45, 2.75) is 13.8 Å². The minimum Gasteiger partial charge on any atom is -0.452 e. The third kappa shape index (κ3) is 4.97. The van der Waals surface area contributed by atoms with Crippen molar-refractivity contribution in [3.63, 3.8) is 0 Å². The summed E-state index contributed by atoms with van der Waals surface area (Å²) < 4.78 is 4.71. The highest BCUT2D eigenvalue weighted by atomic mass is 16.5. The largest absolute Gasteiger partial charge is 0.452 e. The molecular weight excluding hydrogens is 218 g/mol. The monoisotopic (exact) mass is 233 g/mol. The van der Waals surface area contributed by atoms with Gasteiger partial charge in [0.05, 0.1) is 0 Å². The molecule has 0 atom stereocenters. The lowest BCUT2D eigenvalue weighted by Crippen LogP contribution is -2.20. The summed E-state index contributed by atoms with van der Waals surface area (Å²) in [5.41, 5.74) is 1.74. The van der Waals surface area contributed by atoms with Gasteiger partial charge in [-0.2, -0.15) is 0 Å². The van der Waals surface area contributed by atoms with Gasteiger partial charge in [0.2, 0.25) is 0 Å². The van der Waals surface area contributed by atoms with Crippen molar-refractivity contribution in [1.82, 2.24) is 0 Å². The van der Waals surface area contributed by atoms with Crippen molar-refractivity contribution < 1.29 is 14.3 Å². The van der Waals surface area contributed by atoms with Crippen LogP contribution in [0.4, 0.5) is 5.69 Å². The minimum atomic E-state index is -0.521. The molecule has 4 nitrogen and oxygen atoms in total. The van der Waals surface area contributed by atoms with Crippen LogP contribution in [0.5, 0.6) is 0 Å². The number of benzene rings is 1. The summed E-state index contributed by atoms with van der Waals surface area (Å²) in [6.07, 6.45) is 2.82. The van der Waals surface area contributed by atoms with Gasteiger partial charge in [-0.05, 0) is 31.5 Å². The maximum atomic E-state index is 11.4. The van der Waals surface area contributed by atoms with Gasteiger partial charge in [0.1, 0.15) is 0 Å². The highest BCUT2D eigenvalue weighted by Gasteiger charge is 2.05. The van der Waals surface area contributed by atoms with E-state index in [1.807, 2.05) is 25.1 Å². The molecule has 0 fully saturated rings. The van der Waals surface area contributed by atoms with E-state index in [1.54, 1.807) is 19.1 Å². The molecule has 0 aliphatic carbocycles. The van der Waals surface area contributed by atoms with Crippen molar-refractivity contribution in [3.8, 4) is 0 Å². The fourth-order valence-corrected chi connectivity index (χ4v) is 1.24. The molecule has 1 aromatic rings. The lowest BCUT2D eigenvalue weighted by Gasteiger charge is -2.05. The minimum absolute atomic E-state index is 0.281. The molecule has 0 unspecified atom stereocenters. The number of rotatable bonds is 4. The van der Waals surface area contributed by atoms with E-state index >= 15 is 0 Å². The van der Waals surface area contributed by atoms with Crippen LogP contribution in [0.1, 0.15) is 12.5 Å². The summed E-state index contributed by atoms with van der Waals surface area (Å²) in [6.45, 7) is 3.35. The Labute approximate surface area is 100 Å². The van der Waals surface area contributed by atoms with E-state index in [2.05, 4.69) is 5.32 Å². The topological polar surface area (TPSA) is 55.4 Å². The molecule has 0 aliphatic heterocycles. The third-order valence-corrected chi connectivity index (χ3v) is 1.95. The van der Waals surface area contributed by atoms with Crippen molar-refractivity contribution in [2.75, 3.05) is 11.9 Å². The molecule has 17 heavy (non-hydrogen) atoms. The molecule has 0 spiro atoms. The summed E-state index contributed by atoms with van der Waals surface area (Å²) in [4.78, 5) is 22.4. The van der Waals surface area contributed by atoms with Gasteiger partial charge in [-0.1, -0.05) is 18.2 Å². The van der Waals surface area contributed by atoms with Gasteiger partial charge < -0.3 is 10.1 Å². The Morgan fingerprint density at radius 2 is 2.18 bits per heavy atom. The Kier molecular flexibility index (Phi) is 4.94. The average molecular weight is 233 g/mol. The Morgan fingerprint density at radius 3 is 2.82 bits per heavy atom. The van der Waals surface area contributed by atoms with Crippen LogP contribution in [0.3, 0.4) is 0 Å². The van der Waals surface area contributed by atoms with Crippen LogP contribution >= 0.6 is 0 Å². The number of hydrogen-bond donors (Lipinski definition) is 1. The maximum Gasteiger partial charge on any atom is 0.330 e. The Morgan fingerprint density at radius 1 is 1.41 bits per heavy atom. The second-order valence-electron chi connectivity index (χ2n) is 3.53. The van der Waals surface area contributed by atoms with Crippen LogP contribution in [0.15, 0.2) is 36.4 Å². The average Bonchev–Trinajstić information content (AvgIpc) is 2.27. The van der Waals surface area contributed by atoms with Crippen LogP contribution < -0.4 is 5.32 Å². The van der Waals surface area contributed by atoms with Crippen LogP contribution in [-0.4, -0.2) is 18.5 Å². The van der Waals surface area contributed by atoms with Crippen LogP contribution in [0, 0.1) is 6.92 Å². The quantitative estimate of drug-likeness (QED) is 0.639. The predicted octanol–water partition coefficient (Wildman–Crippen LogP) is 2.05. The van der Waals surface area contributed by atoms with Crippen LogP contribution in [-0.2, 0) is 14.3 Å². The molecule has 1 amide bonds. The Bertz CT molecular complexity index is 438. The number of aryl methyl sites for hydroxylation is 1. The smallest absolute Gasteiger partial charge is 0.330 e. The number of ether oxygens (including phenoxy) is 1. The molecule has 1 aromatic carbocycles. The summed E-state index contributed by atoms with van der Waals surface area (Å²) >= 11 is 0. The number of allylic oxidation sites excluding steroid dienone is 1. The summed E-state index contributed by atoms with van der Waals surface area (Å²) in [7, 11) is 0. The molecule has 90 valence electrons. The molecule has 0 saturated heterocycles. The third-order valence-electron chi connectivity index (χ3n) is 1.95. The fourth-order valence-electron chi connectivity index (χ4n) is 1.24. The van der Waals surface area contributed by atoms with Crippen molar-refractivity contribution >= 4 is 17.6 Å². The first-order valence-electron chi connectivity index (χ1n) is 5.28. The van der Waals surface area contributed by atoms with Crippen LogP contribution in [0.25, 0.3) is 0 Å². The Balaban J connectivity index is 2.42. The molecule has 0 heterocycles. The molecule has 1 N–H and O–H groups in total. The predicted molar refractivity (Wildman–Crippen MR) is 65.6 cm³/mol. The van der Waals surface area contributed by atoms with E-state index in [9.17, 15) is 9.59 Å². The summed E-state index contributed by atoms with van der Waals surface area (Å²) in [5.74, 6) is -0.875. The molecule has 0 radical (unpaired) electrons. The highest BCUT2D eigenvalue weighted by molar-refractivity contribution is 5.93. The van der Waals surface area contributed by atoms with E-state index in [-0.39, 0.29) is 12.5 Å². The molecule has 0 bridgehead atoms. The van der Waals surface area contributed by atoms with E-state index in [4.69, 9.17) is 4.74 Å². The highest BCUT2D eigenvalue weighted by Crippen LogP contribution is 2.09. The van der Waals surface area contributed by atoms with E-state index in [0.717, 1.165) is 5.56 Å². The second kappa shape index (κ2) is 6.48. The number of amides is 1. The van der Waals surface area contributed by atoms with E-state index in [1.165, 1.54) is 6.08 Å². The van der Waals surface area contributed by atoms with Gasteiger partial charge in [-0.3, -0.25) is 4.79 Å². The maximum absolute atomic E-state index is 11.4. The first kappa shape index (κ1) is 13.0. The van der Waals surface area contributed by atoms with Gasteiger partial charge in [0.25, 0.3) is 5.91 Å². The van der Waals surface area contributed by atoms with Gasteiger partial charge in [-0.15, -0.1) is 0 Å². The standard InChI is InChI=1S/C13H15NO3/c1-3-5-13(16)17-9-12(15)14-11-7-4-6-10(2)8-11/h3-8H,9H2,1-2H3,(H,14,15)/b5-3+. The summed E-state index contributed by atoms with van der Waals surface area (Å²) in [5, 5.41) is 2.64. The molecular formula is C13H15NO3. The zero-order valence-electron chi connectivity index (χ0n) is 9.90. The molecule has 4 heteroatoms. The number of anilines is 1. The number of nitrogens with one attached hydrogen (secondary N) is 1. The normalized spacial score (nSPS) is 10.2. The van der Waals surface area contributed by atoms with Gasteiger partial charge >= 0.3 is 5.97 Å². The number of carbonyl (C=O) groups excluding carboxylic acids is 2. The molecule has 1 rings (SSSR count). The molecule has 0 saturated carbocycles. The van der Waals surface area contributed by atoms with Crippen molar-refractivity contribution in [3.05, 3.63) is 42.0 Å². The zero-order chi connectivity index (χ0) is 12.7. The summed E-state index contributed by atoms with van der Waals surface area (Å²) in [6, 6.07) is 7.39. The van der Waals surface area contributed by atoms with Gasteiger partial charge in [0.15, 0.2) is 6.61 Å².